The maximum absolute atomic E-state index is 13.1. The first-order valence-corrected chi connectivity index (χ1v) is 7.21. The van der Waals surface area contributed by atoms with Crippen molar-refractivity contribution in [3.63, 3.8) is 0 Å². The van der Waals surface area contributed by atoms with E-state index in [1.165, 1.54) is 32.1 Å². The largest absolute Gasteiger partial charge is 0.321 e. The standard InChI is InChI=1S/C16H20FN/c17-15-3-1-12(2-4-15)16(18)13-6-10-5-11(8-13)9-14(16)7-10/h1-4,10-11,13-14H,5-9,18H2. The second-order valence-corrected chi connectivity index (χ2v) is 6.74. The van der Waals surface area contributed by atoms with Crippen molar-refractivity contribution < 1.29 is 4.39 Å². The van der Waals surface area contributed by atoms with Gasteiger partial charge in [-0.1, -0.05) is 12.1 Å². The summed E-state index contributed by atoms with van der Waals surface area (Å²) in [6.45, 7) is 0. The Morgan fingerprint density at radius 2 is 1.39 bits per heavy atom. The van der Waals surface area contributed by atoms with E-state index in [1.807, 2.05) is 12.1 Å². The first-order chi connectivity index (χ1) is 8.66. The van der Waals surface area contributed by atoms with Gasteiger partial charge in [0.15, 0.2) is 0 Å². The van der Waals surface area contributed by atoms with Crippen LogP contribution in [0.3, 0.4) is 0 Å². The molecule has 18 heavy (non-hydrogen) atoms. The molecule has 1 nitrogen and oxygen atoms in total. The Bertz CT molecular complexity index is 436. The molecule has 0 heterocycles. The molecule has 4 aliphatic rings. The Hall–Kier alpha value is -0.890. The minimum atomic E-state index is -0.179. The monoisotopic (exact) mass is 245 g/mol. The van der Waals surface area contributed by atoms with Crippen LogP contribution in [0.25, 0.3) is 0 Å². The summed E-state index contributed by atoms with van der Waals surface area (Å²) in [5.74, 6) is 2.93. The minimum absolute atomic E-state index is 0.161. The van der Waals surface area contributed by atoms with E-state index < -0.39 is 0 Å². The van der Waals surface area contributed by atoms with Gasteiger partial charge in [0.2, 0.25) is 0 Å². The third-order valence-corrected chi connectivity index (χ3v) is 5.83. The fraction of sp³-hybridized carbons (Fsp3) is 0.625. The molecule has 4 aliphatic carbocycles. The molecule has 0 atom stereocenters. The van der Waals surface area contributed by atoms with Gasteiger partial charge in [-0.15, -0.1) is 0 Å². The van der Waals surface area contributed by atoms with Crippen LogP contribution in [0.5, 0.6) is 0 Å². The molecule has 0 unspecified atom stereocenters. The number of hydrogen-bond acceptors (Lipinski definition) is 1. The van der Waals surface area contributed by atoms with Gasteiger partial charge in [0.05, 0.1) is 0 Å². The smallest absolute Gasteiger partial charge is 0.123 e. The van der Waals surface area contributed by atoms with Gasteiger partial charge in [0.25, 0.3) is 0 Å². The van der Waals surface area contributed by atoms with Crippen molar-refractivity contribution >= 4 is 0 Å². The van der Waals surface area contributed by atoms with E-state index in [1.54, 1.807) is 12.1 Å². The van der Waals surface area contributed by atoms with Crippen LogP contribution in [-0.2, 0) is 5.54 Å². The van der Waals surface area contributed by atoms with Crippen molar-refractivity contribution in [1.82, 2.24) is 0 Å². The molecule has 0 radical (unpaired) electrons. The van der Waals surface area contributed by atoms with Crippen molar-refractivity contribution in [2.24, 2.45) is 29.4 Å². The van der Waals surface area contributed by atoms with Crippen LogP contribution in [0.15, 0.2) is 24.3 Å². The Morgan fingerprint density at radius 1 is 0.889 bits per heavy atom. The Balaban J connectivity index is 1.76. The number of hydrogen-bond donors (Lipinski definition) is 1. The lowest BCUT2D eigenvalue weighted by atomic mass is 9.47. The number of benzene rings is 1. The quantitative estimate of drug-likeness (QED) is 0.806. The maximum Gasteiger partial charge on any atom is 0.123 e. The molecule has 0 aromatic heterocycles. The third-order valence-electron chi connectivity index (χ3n) is 5.83. The van der Waals surface area contributed by atoms with Crippen LogP contribution in [-0.4, -0.2) is 0 Å². The van der Waals surface area contributed by atoms with E-state index in [2.05, 4.69) is 0 Å². The molecule has 5 rings (SSSR count). The van der Waals surface area contributed by atoms with Gasteiger partial charge in [-0.2, -0.15) is 0 Å². The van der Waals surface area contributed by atoms with Gasteiger partial charge in [-0.05, 0) is 73.5 Å². The van der Waals surface area contributed by atoms with Crippen molar-refractivity contribution in [3.8, 4) is 0 Å². The van der Waals surface area contributed by atoms with E-state index in [9.17, 15) is 4.39 Å². The number of nitrogens with two attached hydrogens (primary N) is 1. The predicted molar refractivity (Wildman–Crippen MR) is 69.3 cm³/mol. The Labute approximate surface area is 108 Å². The van der Waals surface area contributed by atoms with E-state index in [0.717, 1.165) is 17.4 Å². The van der Waals surface area contributed by atoms with Gasteiger partial charge in [0.1, 0.15) is 5.82 Å². The van der Waals surface area contributed by atoms with Crippen LogP contribution in [0.1, 0.15) is 37.7 Å². The zero-order valence-corrected chi connectivity index (χ0v) is 10.6. The second-order valence-electron chi connectivity index (χ2n) is 6.74. The van der Waals surface area contributed by atoms with Crippen LogP contribution in [0.2, 0.25) is 0 Å². The molecular weight excluding hydrogens is 225 g/mol. The SMILES string of the molecule is NC1(c2ccc(F)cc2)C2CC3CC(C2)CC1C3. The van der Waals surface area contributed by atoms with E-state index in [-0.39, 0.29) is 11.4 Å². The third kappa shape index (κ3) is 1.36. The van der Waals surface area contributed by atoms with E-state index >= 15 is 0 Å². The molecule has 2 N–H and O–H groups in total. The fourth-order valence-corrected chi connectivity index (χ4v) is 5.17. The Morgan fingerprint density at radius 3 is 1.89 bits per heavy atom. The van der Waals surface area contributed by atoms with Gasteiger partial charge in [-0.3, -0.25) is 0 Å². The molecule has 0 saturated heterocycles. The van der Waals surface area contributed by atoms with Crippen LogP contribution in [0.4, 0.5) is 4.39 Å². The molecule has 0 aliphatic heterocycles. The summed E-state index contributed by atoms with van der Waals surface area (Å²) in [6, 6.07) is 6.96. The molecule has 4 bridgehead atoms. The molecule has 2 heteroatoms. The highest BCUT2D eigenvalue weighted by molar-refractivity contribution is 5.29. The topological polar surface area (TPSA) is 26.0 Å². The van der Waals surface area contributed by atoms with E-state index in [0.29, 0.717) is 11.8 Å². The van der Waals surface area contributed by atoms with E-state index in [4.69, 9.17) is 5.73 Å². The van der Waals surface area contributed by atoms with Gasteiger partial charge >= 0.3 is 0 Å². The summed E-state index contributed by atoms with van der Waals surface area (Å²) in [6.07, 6.45) is 6.61. The average molecular weight is 245 g/mol. The summed E-state index contributed by atoms with van der Waals surface area (Å²) >= 11 is 0. The van der Waals surface area contributed by atoms with Gasteiger partial charge < -0.3 is 5.73 Å². The molecule has 4 saturated carbocycles. The molecule has 0 amide bonds. The summed E-state index contributed by atoms with van der Waals surface area (Å²) in [5.41, 5.74) is 7.83. The fourth-order valence-electron chi connectivity index (χ4n) is 5.17. The van der Waals surface area contributed by atoms with Gasteiger partial charge in [0, 0.05) is 5.54 Å². The zero-order valence-electron chi connectivity index (χ0n) is 10.6. The lowest BCUT2D eigenvalue weighted by Gasteiger charge is -2.60. The highest BCUT2D eigenvalue weighted by Crippen LogP contribution is 2.60. The lowest BCUT2D eigenvalue weighted by Crippen LogP contribution is -2.60. The average Bonchev–Trinajstić information content (AvgIpc) is 2.35. The first kappa shape index (κ1) is 11.0. The van der Waals surface area contributed by atoms with Crippen LogP contribution < -0.4 is 5.73 Å². The van der Waals surface area contributed by atoms with Gasteiger partial charge in [-0.25, -0.2) is 4.39 Å². The number of halogens is 1. The molecular formula is C16H20FN. The first-order valence-electron chi connectivity index (χ1n) is 7.21. The summed E-state index contributed by atoms with van der Waals surface area (Å²) < 4.78 is 13.1. The molecule has 4 fully saturated rings. The normalized spacial score (nSPS) is 45.4. The van der Waals surface area contributed by atoms with Crippen LogP contribution >= 0.6 is 0 Å². The second kappa shape index (κ2) is 3.57. The van der Waals surface area contributed by atoms with Crippen molar-refractivity contribution in [2.45, 2.75) is 37.6 Å². The predicted octanol–water partition coefficient (Wildman–Crippen LogP) is 3.44. The zero-order chi connectivity index (χ0) is 12.3. The highest BCUT2D eigenvalue weighted by atomic mass is 19.1. The maximum atomic E-state index is 13.1. The summed E-state index contributed by atoms with van der Waals surface area (Å²) in [7, 11) is 0. The number of rotatable bonds is 1. The van der Waals surface area contributed by atoms with Crippen LogP contribution in [0, 0.1) is 29.5 Å². The highest BCUT2D eigenvalue weighted by Gasteiger charge is 2.55. The molecule has 0 spiro atoms. The molecule has 1 aromatic rings. The Kier molecular flexibility index (Phi) is 2.18. The van der Waals surface area contributed by atoms with Crippen molar-refractivity contribution in [2.75, 3.05) is 0 Å². The lowest BCUT2D eigenvalue weighted by molar-refractivity contribution is -0.0584. The van der Waals surface area contributed by atoms with Crippen molar-refractivity contribution in [3.05, 3.63) is 35.6 Å². The minimum Gasteiger partial charge on any atom is -0.321 e. The molecule has 1 aromatic carbocycles. The summed E-state index contributed by atoms with van der Waals surface area (Å²) in [4.78, 5) is 0. The van der Waals surface area contributed by atoms with Crippen molar-refractivity contribution in [1.29, 1.82) is 0 Å². The molecule has 96 valence electrons. The summed E-state index contributed by atoms with van der Waals surface area (Å²) in [5, 5.41) is 0.